The first-order valence-electron chi connectivity index (χ1n) is 5.06. The molecule has 0 aliphatic heterocycles. The Bertz CT molecular complexity index is 401. The van der Waals surface area contributed by atoms with Crippen LogP contribution >= 0.6 is 0 Å². The predicted octanol–water partition coefficient (Wildman–Crippen LogP) is 1.67. The molecule has 5 nitrogen and oxygen atoms in total. The summed E-state index contributed by atoms with van der Waals surface area (Å²) in [4.78, 5) is 1.76. The molecule has 0 fully saturated rings. The summed E-state index contributed by atoms with van der Waals surface area (Å²) in [6.45, 7) is 0.249. The van der Waals surface area contributed by atoms with Crippen LogP contribution in [0.15, 0.2) is 12.1 Å². The van der Waals surface area contributed by atoms with Gasteiger partial charge in [-0.2, -0.15) is 5.26 Å². The number of ether oxygens (including phenoxy) is 3. The van der Waals surface area contributed by atoms with E-state index in [4.69, 9.17) is 19.5 Å². The molecule has 0 aromatic heterocycles. The molecule has 92 valence electrons. The molecule has 0 radical (unpaired) electrons. The zero-order valence-electron chi connectivity index (χ0n) is 10.5. The molecule has 0 aliphatic rings. The van der Waals surface area contributed by atoms with Crippen molar-refractivity contribution in [1.29, 1.82) is 5.26 Å². The van der Waals surface area contributed by atoms with Crippen molar-refractivity contribution in [3.05, 3.63) is 12.1 Å². The molecular weight excluding hydrogens is 220 g/mol. The second kappa shape index (κ2) is 5.85. The molecule has 17 heavy (non-hydrogen) atoms. The summed E-state index contributed by atoms with van der Waals surface area (Å²) in [6, 6.07) is 5.59. The van der Waals surface area contributed by atoms with Gasteiger partial charge in [-0.25, -0.2) is 0 Å². The van der Waals surface area contributed by atoms with Crippen LogP contribution in [0.4, 0.5) is 5.69 Å². The van der Waals surface area contributed by atoms with E-state index in [9.17, 15) is 0 Å². The summed E-state index contributed by atoms with van der Waals surface area (Å²) < 4.78 is 15.7. The van der Waals surface area contributed by atoms with Crippen molar-refractivity contribution in [2.75, 3.05) is 39.8 Å². The average molecular weight is 236 g/mol. The van der Waals surface area contributed by atoms with Gasteiger partial charge in [0.25, 0.3) is 0 Å². The molecule has 0 amide bonds. The van der Waals surface area contributed by atoms with Gasteiger partial charge in [0.05, 0.1) is 27.4 Å². The number of anilines is 1. The lowest BCUT2D eigenvalue weighted by atomic mass is 10.2. The van der Waals surface area contributed by atoms with Crippen LogP contribution in [0, 0.1) is 11.3 Å². The van der Waals surface area contributed by atoms with E-state index in [0.29, 0.717) is 17.2 Å². The van der Waals surface area contributed by atoms with E-state index in [-0.39, 0.29) is 6.54 Å². The highest BCUT2D eigenvalue weighted by atomic mass is 16.5. The molecule has 0 saturated carbocycles. The number of hydrogen-bond acceptors (Lipinski definition) is 5. The van der Waals surface area contributed by atoms with Gasteiger partial charge in [-0.1, -0.05) is 0 Å². The Morgan fingerprint density at radius 2 is 1.65 bits per heavy atom. The summed E-state index contributed by atoms with van der Waals surface area (Å²) >= 11 is 0. The van der Waals surface area contributed by atoms with E-state index >= 15 is 0 Å². The number of nitrogens with zero attached hydrogens (tertiary/aromatic N) is 2. The Morgan fingerprint density at radius 3 is 2.00 bits per heavy atom. The minimum absolute atomic E-state index is 0.249. The molecule has 0 N–H and O–H groups in total. The van der Waals surface area contributed by atoms with Gasteiger partial charge >= 0.3 is 0 Å². The number of methoxy groups -OCH3 is 3. The van der Waals surface area contributed by atoms with Crippen LogP contribution in [-0.2, 0) is 0 Å². The molecule has 0 saturated heterocycles. The van der Waals surface area contributed by atoms with Crippen LogP contribution in [0.25, 0.3) is 0 Å². The molecular formula is C12H16N2O3. The standard InChI is InChI=1S/C12H16N2O3/c1-14(6-5-13)12-10(16-3)7-9(15-2)8-11(12)17-4/h7-8H,6H2,1-4H3. The monoisotopic (exact) mass is 236 g/mol. The number of hydrogen-bond donors (Lipinski definition) is 0. The Morgan fingerprint density at radius 1 is 1.12 bits per heavy atom. The fraction of sp³-hybridized carbons (Fsp3) is 0.417. The third-order valence-electron chi connectivity index (χ3n) is 2.38. The largest absolute Gasteiger partial charge is 0.496 e. The molecule has 1 aromatic rings. The third-order valence-corrected chi connectivity index (χ3v) is 2.38. The van der Waals surface area contributed by atoms with Crippen LogP contribution in [0.1, 0.15) is 0 Å². The first-order chi connectivity index (χ1) is 8.17. The molecule has 0 unspecified atom stereocenters. The van der Waals surface area contributed by atoms with Gasteiger partial charge < -0.3 is 19.1 Å². The van der Waals surface area contributed by atoms with E-state index in [1.165, 1.54) is 0 Å². The maximum absolute atomic E-state index is 8.73. The van der Waals surface area contributed by atoms with Crippen molar-refractivity contribution in [2.24, 2.45) is 0 Å². The fourth-order valence-corrected chi connectivity index (χ4v) is 1.55. The van der Waals surface area contributed by atoms with Crippen LogP contribution in [-0.4, -0.2) is 34.9 Å². The van der Waals surface area contributed by atoms with Crippen molar-refractivity contribution in [3.63, 3.8) is 0 Å². The van der Waals surface area contributed by atoms with E-state index < -0.39 is 0 Å². The quantitative estimate of drug-likeness (QED) is 0.728. The molecule has 1 rings (SSSR count). The van der Waals surface area contributed by atoms with Crippen LogP contribution < -0.4 is 19.1 Å². The molecule has 0 atom stereocenters. The Balaban J connectivity index is 3.29. The maximum Gasteiger partial charge on any atom is 0.149 e. The molecule has 0 aliphatic carbocycles. The fourth-order valence-electron chi connectivity index (χ4n) is 1.55. The molecule has 0 heterocycles. The first-order valence-corrected chi connectivity index (χ1v) is 5.06. The second-order valence-electron chi connectivity index (χ2n) is 3.39. The van der Waals surface area contributed by atoms with Gasteiger partial charge in [0.15, 0.2) is 0 Å². The van der Waals surface area contributed by atoms with E-state index in [0.717, 1.165) is 5.69 Å². The highest BCUT2D eigenvalue weighted by molar-refractivity contribution is 5.70. The van der Waals surface area contributed by atoms with Gasteiger partial charge in [-0.3, -0.25) is 0 Å². The van der Waals surface area contributed by atoms with Crippen LogP contribution in [0.3, 0.4) is 0 Å². The van der Waals surface area contributed by atoms with Gasteiger partial charge in [-0.05, 0) is 0 Å². The second-order valence-corrected chi connectivity index (χ2v) is 3.39. The van der Waals surface area contributed by atoms with Crippen molar-refractivity contribution >= 4 is 5.69 Å². The average Bonchev–Trinajstić information content (AvgIpc) is 2.37. The minimum atomic E-state index is 0.249. The molecule has 5 heteroatoms. The lowest BCUT2D eigenvalue weighted by Gasteiger charge is -2.22. The molecule has 1 aromatic carbocycles. The van der Waals surface area contributed by atoms with E-state index in [2.05, 4.69) is 6.07 Å². The summed E-state index contributed by atoms with van der Waals surface area (Å²) in [5, 5.41) is 8.73. The summed E-state index contributed by atoms with van der Waals surface area (Å²) in [7, 11) is 6.51. The Hall–Kier alpha value is -2.09. The van der Waals surface area contributed by atoms with Crippen molar-refractivity contribution in [2.45, 2.75) is 0 Å². The summed E-state index contributed by atoms with van der Waals surface area (Å²) in [6.07, 6.45) is 0. The minimum Gasteiger partial charge on any atom is -0.496 e. The molecule has 0 bridgehead atoms. The molecule has 0 spiro atoms. The summed E-state index contributed by atoms with van der Waals surface area (Å²) in [5.41, 5.74) is 0.734. The van der Waals surface area contributed by atoms with Crippen molar-refractivity contribution in [3.8, 4) is 23.3 Å². The smallest absolute Gasteiger partial charge is 0.149 e. The highest BCUT2D eigenvalue weighted by Crippen LogP contribution is 2.40. The zero-order valence-corrected chi connectivity index (χ0v) is 10.5. The highest BCUT2D eigenvalue weighted by Gasteiger charge is 2.16. The van der Waals surface area contributed by atoms with Crippen LogP contribution in [0.5, 0.6) is 17.2 Å². The van der Waals surface area contributed by atoms with Gasteiger partial charge in [0.1, 0.15) is 29.5 Å². The lowest BCUT2D eigenvalue weighted by molar-refractivity contribution is 0.376. The maximum atomic E-state index is 8.73. The van der Waals surface area contributed by atoms with Crippen LogP contribution in [0.2, 0.25) is 0 Å². The SMILES string of the molecule is COc1cc(OC)c(N(C)CC#N)c(OC)c1. The van der Waals surface area contributed by atoms with Crippen molar-refractivity contribution < 1.29 is 14.2 Å². The van der Waals surface area contributed by atoms with Gasteiger partial charge in [0, 0.05) is 19.2 Å². The number of rotatable bonds is 5. The Labute approximate surface area is 101 Å². The first kappa shape index (κ1) is 13.0. The number of benzene rings is 1. The zero-order chi connectivity index (χ0) is 12.8. The summed E-state index contributed by atoms with van der Waals surface area (Å²) in [5.74, 6) is 1.87. The normalized spacial score (nSPS) is 9.35. The van der Waals surface area contributed by atoms with E-state index in [1.54, 1.807) is 45.4 Å². The topological polar surface area (TPSA) is 54.7 Å². The van der Waals surface area contributed by atoms with E-state index in [1.807, 2.05) is 0 Å². The third kappa shape index (κ3) is 2.72. The lowest BCUT2D eigenvalue weighted by Crippen LogP contribution is -2.18. The van der Waals surface area contributed by atoms with Gasteiger partial charge in [-0.15, -0.1) is 0 Å². The van der Waals surface area contributed by atoms with Gasteiger partial charge in [0.2, 0.25) is 0 Å². The predicted molar refractivity (Wildman–Crippen MR) is 65.0 cm³/mol. The Kier molecular flexibility index (Phi) is 4.46. The van der Waals surface area contributed by atoms with Crippen molar-refractivity contribution in [1.82, 2.24) is 0 Å². The number of nitriles is 1.